The third kappa shape index (κ3) is 4.58. The first-order valence-corrected chi connectivity index (χ1v) is 8.41. The van der Waals surface area contributed by atoms with Crippen molar-refractivity contribution in [2.75, 3.05) is 5.32 Å². The molecule has 2 heterocycles. The van der Waals surface area contributed by atoms with Crippen LogP contribution in [0.5, 0.6) is 5.75 Å². The molecule has 1 N–H and O–H groups in total. The second-order valence-electron chi connectivity index (χ2n) is 6.18. The maximum Gasteiger partial charge on any atom is 0.262 e. The van der Waals surface area contributed by atoms with Crippen molar-refractivity contribution in [1.29, 1.82) is 0 Å². The minimum Gasteiger partial charge on any atom is -0.491 e. The van der Waals surface area contributed by atoms with Crippen LogP contribution < -0.4 is 10.1 Å². The van der Waals surface area contributed by atoms with Crippen LogP contribution in [0.25, 0.3) is 5.82 Å². The average molecular weight is 376 g/mol. The first-order valence-electron chi connectivity index (χ1n) is 8.41. The zero-order valence-electron chi connectivity index (χ0n) is 14.8. The molecule has 3 aromatic rings. The standard InChI is InChI=1S/C19H19F3N4O/c1-12(2)27-15-6-3-5-13(9-15)17(18(21)22)25-14-10-24-26(11-14)19-16(20)7-4-8-23-19/h3-12,17-18,25H,1-2H3. The lowest BCUT2D eigenvalue weighted by Gasteiger charge is -2.19. The molecule has 1 aromatic carbocycles. The molecule has 8 heteroatoms. The molecule has 0 saturated heterocycles. The first kappa shape index (κ1) is 18.8. The lowest BCUT2D eigenvalue weighted by molar-refractivity contribution is 0.124. The maximum absolute atomic E-state index is 13.8. The van der Waals surface area contributed by atoms with Crippen molar-refractivity contribution in [3.63, 3.8) is 0 Å². The van der Waals surface area contributed by atoms with E-state index < -0.39 is 18.3 Å². The fourth-order valence-electron chi connectivity index (χ4n) is 2.58. The molecule has 5 nitrogen and oxygen atoms in total. The van der Waals surface area contributed by atoms with E-state index in [0.29, 0.717) is 17.0 Å². The fraction of sp³-hybridized carbons (Fsp3) is 0.263. The van der Waals surface area contributed by atoms with Crippen molar-refractivity contribution < 1.29 is 17.9 Å². The number of hydrogen-bond acceptors (Lipinski definition) is 4. The summed E-state index contributed by atoms with van der Waals surface area (Å²) in [5.41, 5.74) is 0.695. The molecular formula is C19H19F3N4O. The molecule has 0 fully saturated rings. The van der Waals surface area contributed by atoms with Gasteiger partial charge in [0.2, 0.25) is 0 Å². The highest BCUT2D eigenvalue weighted by atomic mass is 19.3. The van der Waals surface area contributed by atoms with Crippen LogP contribution in [0.1, 0.15) is 25.5 Å². The molecule has 0 radical (unpaired) electrons. The van der Waals surface area contributed by atoms with Crippen LogP contribution in [0.15, 0.2) is 55.0 Å². The first-order chi connectivity index (χ1) is 12.9. The van der Waals surface area contributed by atoms with Gasteiger partial charge in [0.25, 0.3) is 6.43 Å². The summed E-state index contributed by atoms with van der Waals surface area (Å²) in [6.45, 7) is 3.72. The van der Waals surface area contributed by atoms with Crippen LogP contribution in [-0.2, 0) is 0 Å². The maximum atomic E-state index is 13.8. The quantitative estimate of drug-likeness (QED) is 0.654. The fourth-order valence-corrected chi connectivity index (χ4v) is 2.58. The minimum atomic E-state index is -2.67. The number of nitrogens with zero attached hydrogens (tertiary/aromatic N) is 3. The van der Waals surface area contributed by atoms with E-state index in [1.807, 2.05) is 13.8 Å². The third-order valence-electron chi connectivity index (χ3n) is 3.70. The molecule has 27 heavy (non-hydrogen) atoms. The number of anilines is 1. The summed E-state index contributed by atoms with van der Waals surface area (Å²) < 4.78 is 47.9. The van der Waals surface area contributed by atoms with Crippen LogP contribution in [0, 0.1) is 5.82 Å². The topological polar surface area (TPSA) is 52.0 Å². The normalized spacial score (nSPS) is 12.4. The highest BCUT2D eigenvalue weighted by Crippen LogP contribution is 2.28. The Bertz CT molecular complexity index is 898. The number of benzene rings is 1. The Hall–Kier alpha value is -3.03. The van der Waals surface area contributed by atoms with E-state index in [0.717, 1.165) is 0 Å². The monoisotopic (exact) mass is 376 g/mol. The Labute approximate surface area is 154 Å². The Balaban J connectivity index is 1.83. The Morgan fingerprint density at radius 2 is 1.96 bits per heavy atom. The van der Waals surface area contributed by atoms with Crippen LogP contribution in [0.4, 0.5) is 18.9 Å². The smallest absolute Gasteiger partial charge is 0.262 e. The van der Waals surface area contributed by atoms with Crippen molar-refractivity contribution in [3.05, 3.63) is 66.4 Å². The summed E-state index contributed by atoms with van der Waals surface area (Å²) in [5, 5.41) is 6.74. The Morgan fingerprint density at radius 3 is 2.67 bits per heavy atom. The van der Waals surface area contributed by atoms with E-state index in [1.165, 1.54) is 35.4 Å². The van der Waals surface area contributed by atoms with Gasteiger partial charge in [0.15, 0.2) is 11.6 Å². The highest BCUT2D eigenvalue weighted by Gasteiger charge is 2.23. The van der Waals surface area contributed by atoms with Crippen molar-refractivity contribution in [2.45, 2.75) is 32.4 Å². The van der Waals surface area contributed by atoms with E-state index in [9.17, 15) is 13.2 Å². The molecular weight excluding hydrogens is 357 g/mol. The zero-order chi connectivity index (χ0) is 19.4. The van der Waals surface area contributed by atoms with Gasteiger partial charge in [-0.2, -0.15) is 5.10 Å². The van der Waals surface area contributed by atoms with E-state index in [1.54, 1.807) is 24.3 Å². The molecule has 0 aliphatic rings. The predicted octanol–water partition coefficient (Wildman–Crippen LogP) is 4.61. The summed E-state index contributed by atoms with van der Waals surface area (Å²) in [6.07, 6.45) is 1.45. The van der Waals surface area contributed by atoms with Gasteiger partial charge in [-0.25, -0.2) is 22.8 Å². The number of hydrogen-bond donors (Lipinski definition) is 1. The number of aromatic nitrogens is 3. The average Bonchev–Trinajstić information content (AvgIpc) is 3.08. The van der Waals surface area contributed by atoms with Crippen molar-refractivity contribution in [1.82, 2.24) is 14.8 Å². The molecule has 1 atom stereocenters. The molecule has 0 bridgehead atoms. The van der Waals surface area contributed by atoms with Gasteiger partial charge >= 0.3 is 0 Å². The summed E-state index contributed by atoms with van der Waals surface area (Å²) in [4.78, 5) is 3.91. The number of rotatable bonds is 7. The van der Waals surface area contributed by atoms with Gasteiger partial charge in [-0.3, -0.25) is 0 Å². The van der Waals surface area contributed by atoms with E-state index in [4.69, 9.17) is 4.74 Å². The van der Waals surface area contributed by atoms with Crippen LogP contribution in [0.2, 0.25) is 0 Å². The Morgan fingerprint density at radius 1 is 1.15 bits per heavy atom. The van der Waals surface area contributed by atoms with Crippen molar-refractivity contribution in [3.8, 4) is 11.6 Å². The number of pyridine rings is 1. The highest BCUT2D eigenvalue weighted by molar-refractivity contribution is 5.45. The lowest BCUT2D eigenvalue weighted by atomic mass is 10.1. The molecule has 0 spiro atoms. The second kappa shape index (κ2) is 8.11. The number of nitrogens with one attached hydrogen (secondary N) is 1. The molecule has 3 rings (SSSR count). The van der Waals surface area contributed by atoms with Crippen LogP contribution in [0.3, 0.4) is 0 Å². The number of ether oxygens (including phenoxy) is 1. The molecule has 2 aromatic heterocycles. The molecule has 0 aliphatic carbocycles. The zero-order valence-corrected chi connectivity index (χ0v) is 14.8. The van der Waals surface area contributed by atoms with Gasteiger partial charge in [-0.15, -0.1) is 0 Å². The Kier molecular flexibility index (Phi) is 5.63. The molecule has 0 aliphatic heterocycles. The lowest BCUT2D eigenvalue weighted by Crippen LogP contribution is -2.19. The molecule has 1 unspecified atom stereocenters. The predicted molar refractivity (Wildman–Crippen MR) is 95.9 cm³/mol. The summed E-state index contributed by atoms with van der Waals surface area (Å²) >= 11 is 0. The summed E-state index contributed by atoms with van der Waals surface area (Å²) in [7, 11) is 0. The van der Waals surface area contributed by atoms with Crippen molar-refractivity contribution in [2.24, 2.45) is 0 Å². The second-order valence-corrected chi connectivity index (χ2v) is 6.18. The molecule has 0 amide bonds. The van der Waals surface area contributed by atoms with E-state index in [-0.39, 0.29) is 11.9 Å². The summed E-state index contributed by atoms with van der Waals surface area (Å²) in [6, 6.07) is 7.99. The van der Waals surface area contributed by atoms with Gasteiger partial charge in [-0.1, -0.05) is 12.1 Å². The van der Waals surface area contributed by atoms with Crippen LogP contribution in [-0.4, -0.2) is 27.3 Å². The van der Waals surface area contributed by atoms with Gasteiger partial charge in [0.05, 0.1) is 24.2 Å². The van der Waals surface area contributed by atoms with Gasteiger partial charge < -0.3 is 10.1 Å². The molecule has 142 valence electrons. The largest absolute Gasteiger partial charge is 0.491 e. The van der Waals surface area contributed by atoms with E-state index in [2.05, 4.69) is 15.4 Å². The number of halogens is 3. The van der Waals surface area contributed by atoms with Gasteiger partial charge in [-0.05, 0) is 43.7 Å². The molecule has 0 saturated carbocycles. The van der Waals surface area contributed by atoms with Crippen molar-refractivity contribution >= 4 is 5.69 Å². The van der Waals surface area contributed by atoms with Crippen LogP contribution >= 0.6 is 0 Å². The van der Waals surface area contributed by atoms with E-state index >= 15 is 0 Å². The SMILES string of the molecule is CC(C)Oc1cccc(C(Nc2cnn(-c3ncccc3F)c2)C(F)F)c1. The third-order valence-corrected chi connectivity index (χ3v) is 3.70. The van der Waals surface area contributed by atoms with Gasteiger partial charge in [0, 0.05) is 6.20 Å². The summed E-state index contributed by atoms with van der Waals surface area (Å²) in [5.74, 6) is -0.0521. The van der Waals surface area contributed by atoms with Gasteiger partial charge in [0.1, 0.15) is 11.8 Å². The minimum absolute atomic E-state index is 0.00789. The number of alkyl halides is 2.